The zero-order valence-electron chi connectivity index (χ0n) is 27.1. The second-order valence-electron chi connectivity index (χ2n) is 10.8. The molecule has 0 atom stereocenters. The average Bonchev–Trinajstić information content (AvgIpc) is 3.21. The number of hydrogen-bond acceptors (Lipinski definition) is 9. The van der Waals surface area contributed by atoms with Crippen LogP contribution in [0, 0.1) is 11.8 Å². The molecule has 2 aromatic carbocycles. The van der Waals surface area contributed by atoms with Crippen LogP contribution in [-0.4, -0.2) is 46.4 Å². The summed E-state index contributed by atoms with van der Waals surface area (Å²) < 4.78 is 0. The molecule has 51 heavy (non-hydrogen) atoms. The standard InChI is InChI=1S/C21H13N5.2C10H8N2.Ru/c22-9-1-4-13-7-8-16-17(12-13)26-21-15-6-3-11-24-19(15)18-14(20(21)25-16)5-2-10-23-18;2*1-3-7-11-9(5-1)10-6-2-4-8-12-10;/h2-3,5-8,10-12H,9,22H2;2*1-8H;. The van der Waals surface area contributed by atoms with E-state index >= 15 is 0 Å². The minimum atomic E-state index is 0. The fourth-order valence-corrected chi connectivity index (χ4v) is 5.29. The minimum absolute atomic E-state index is 0. The number of rotatable bonds is 2. The molecule has 9 nitrogen and oxygen atoms in total. The van der Waals surface area contributed by atoms with Gasteiger partial charge in [-0.3, -0.25) is 29.9 Å². The summed E-state index contributed by atoms with van der Waals surface area (Å²) in [5, 5.41) is 1.90. The molecule has 0 radical (unpaired) electrons. The summed E-state index contributed by atoms with van der Waals surface area (Å²) in [6, 6.07) is 36.9. The minimum Gasteiger partial charge on any atom is -0.320 e. The fraction of sp³-hybridized carbons (Fsp3) is 0.0244. The van der Waals surface area contributed by atoms with Gasteiger partial charge in [0.2, 0.25) is 0 Å². The number of benzene rings is 2. The van der Waals surface area contributed by atoms with E-state index in [-0.39, 0.29) is 19.5 Å². The second kappa shape index (κ2) is 16.8. The summed E-state index contributed by atoms with van der Waals surface area (Å²) >= 11 is 0. The summed E-state index contributed by atoms with van der Waals surface area (Å²) in [5.74, 6) is 5.92. The van der Waals surface area contributed by atoms with Gasteiger partial charge in [0, 0.05) is 73.0 Å². The molecule has 0 aliphatic heterocycles. The van der Waals surface area contributed by atoms with Crippen LogP contribution in [0.25, 0.3) is 66.6 Å². The first-order valence-electron chi connectivity index (χ1n) is 15.9. The Morgan fingerprint density at radius 1 is 0.431 bits per heavy atom. The third kappa shape index (κ3) is 8.09. The van der Waals surface area contributed by atoms with Gasteiger partial charge in [-0.25, -0.2) is 9.97 Å². The second-order valence-corrected chi connectivity index (χ2v) is 10.8. The van der Waals surface area contributed by atoms with E-state index in [1.165, 1.54) is 0 Å². The molecule has 0 saturated heterocycles. The molecule has 0 aliphatic rings. The van der Waals surface area contributed by atoms with Crippen LogP contribution in [0.1, 0.15) is 5.56 Å². The van der Waals surface area contributed by atoms with Crippen molar-refractivity contribution < 1.29 is 19.5 Å². The Labute approximate surface area is 306 Å². The van der Waals surface area contributed by atoms with Crippen molar-refractivity contribution in [2.75, 3.05) is 6.54 Å². The van der Waals surface area contributed by atoms with Gasteiger partial charge in [-0.1, -0.05) is 36.1 Å². The van der Waals surface area contributed by atoms with Crippen LogP contribution in [0.4, 0.5) is 0 Å². The molecule has 0 spiro atoms. The van der Waals surface area contributed by atoms with Gasteiger partial charge in [-0.15, -0.1) is 0 Å². The zero-order chi connectivity index (χ0) is 34.0. The van der Waals surface area contributed by atoms with Crippen molar-refractivity contribution in [1.29, 1.82) is 0 Å². The largest absolute Gasteiger partial charge is 0.320 e. The van der Waals surface area contributed by atoms with Gasteiger partial charge >= 0.3 is 0 Å². The molecule has 0 fully saturated rings. The van der Waals surface area contributed by atoms with E-state index < -0.39 is 0 Å². The van der Waals surface area contributed by atoms with Crippen LogP contribution in [0.3, 0.4) is 0 Å². The summed E-state index contributed by atoms with van der Waals surface area (Å²) in [6.07, 6.45) is 10.6. The maximum absolute atomic E-state index is 5.46. The maximum atomic E-state index is 5.46. The molecule has 7 heterocycles. The van der Waals surface area contributed by atoms with Crippen molar-refractivity contribution >= 4 is 43.9 Å². The molecule has 0 saturated carbocycles. The van der Waals surface area contributed by atoms with Crippen molar-refractivity contribution in [3.63, 3.8) is 0 Å². The van der Waals surface area contributed by atoms with Gasteiger partial charge in [0.25, 0.3) is 0 Å². The van der Waals surface area contributed by atoms with E-state index in [0.29, 0.717) is 6.54 Å². The van der Waals surface area contributed by atoms with E-state index in [0.717, 1.165) is 72.2 Å². The third-order valence-corrected chi connectivity index (χ3v) is 7.53. The molecule has 0 unspecified atom stereocenters. The molecule has 246 valence electrons. The normalized spacial score (nSPS) is 10.2. The van der Waals surface area contributed by atoms with Crippen molar-refractivity contribution in [3.05, 3.63) is 158 Å². The zero-order valence-corrected chi connectivity index (χ0v) is 28.9. The number of pyridine rings is 6. The van der Waals surface area contributed by atoms with Crippen molar-refractivity contribution in [3.8, 4) is 34.6 Å². The number of aromatic nitrogens is 8. The predicted octanol–water partition coefficient (Wildman–Crippen LogP) is 7.47. The smallest absolute Gasteiger partial charge is 0.0996 e. The Kier molecular flexibility index (Phi) is 11.4. The predicted molar refractivity (Wildman–Crippen MR) is 199 cm³/mol. The number of nitrogens with two attached hydrogens (primary N) is 1. The van der Waals surface area contributed by atoms with Gasteiger partial charge in [0.05, 0.1) is 62.4 Å². The first-order valence-corrected chi connectivity index (χ1v) is 15.9. The van der Waals surface area contributed by atoms with Crippen LogP contribution in [0.2, 0.25) is 0 Å². The van der Waals surface area contributed by atoms with E-state index in [9.17, 15) is 0 Å². The fourth-order valence-electron chi connectivity index (χ4n) is 5.29. The van der Waals surface area contributed by atoms with Crippen LogP contribution in [-0.2, 0) is 19.5 Å². The molecular weight excluding hydrogens is 720 g/mol. The van der Waals surface area contributed by atoms with Crippen LogP contribution < -0.4 is 5.73 Å². The molecule has 7 aromatic heterocycles. The van der Waals surface area contributed by atoms with Crippen molar-refractivity contribution in [1.82, 2.24) is 39.9 Å². The molecule has 9 rings (SSSR count). The van der Waals surface area contributed by atoms with Crippen molar-refractivity contribution in [2.45, 2.75) is 0 Å². The molecule has 0 bridgehead atoms. The van der Waals surface area contributed by atoms with Gasteiger partial charge in [-0.2, -0.15) is 0 Å². The SMILES string of the molecule is NCC#Cc1ccc2nc3c4cccnc4c4ncccc4c3nc2c1.[Ru].c1ccc(-c2ccccn2)nc1.c1ccc(-c2ccccn2)nc1. The maximum Gasteiger partial charge on any atom is 0.0996 e. The Bertz CT molecular complexity index is 2430. The first kappa shape index (κ1) is 34.5. The van der Waals surface area contributed by atoms with E-state index in [1.54, 1.807) is 37.2 Å². The van der Waals surface area contributed by atoms with Crippen LogP contribution in [0.5, 0.6) is 0 Å². The third-order valence-electron chi connectivity index (χ3n) is 7.53. The Balaban J connectivity index is 0.000000149. The van der Waals surface area contributed by atoms with Gasteiger partial charge in [0.15, 0.2) is 0 Å². The molecule has 2 N–H and O–H groups in total. The molecular formula is C41H29N9Ru. The Hall–Kier alpha value is -6.40. The summed E-state index contributed by atoms with van der Waals surface area (Å²) in [6.45, 7) is 0.330. The molecule has 0 aliphatic carbocycles. The Morgan fingerprint density at radius 2 is 0.863 bits per heavy atom. The number of fused-ring (bicyclic) bond motifs is 7. The monoisotopic (exact) mass is 749 g/mol. The average molecular weight is 749 g/mol. The van der Waals surface area contributed by atoms with Crippen LogP contribution in [0.15, 0.2) is 152 Å². The Morgan fingerprint density at radius 3 is 1.27 bits per heavy atom. The van der Waals surface area contributed by atoms with E-state index in [1.807, 2.05) is 115 Å². The number of hydrogen-bond donors (Lipinski definition) is 1. The van der Waals surface area contributed by atoms with Gasteiger partial charge in [-0.05, 0) is 91.0 Å². The molecule has 0 amide bonds. The van der Waals surface area contributed by atoms with Gasteiger partial charge in [0.1, 0.15) is 0 Å². The van der Waals surface area contributed by atoms with E-state index in [2.05, 4.69) is 41.7 Å². The van der Waals surface area contributed by atoms with Crippen molar-refractivity contribution in [2.24, 2.45) is 5.73 Å². The number of nitrogens with zero attached hydrogens (tertiary/aromatic N) is 8. The first-order chi connectivity index (χ1) is 24.8. The van der Waals surface area contributed by atoms with Crippen LogP contribution >= 0.6 is 0 Å². The molecule has 9 aromatic rings. The topological polar surface area (TPSA) is 129 Å². The molecule has 10 heteroatoms. The van der Waals surface area contributed by atoms with Gasteiger partial charge < -0.3 is 5.73 Å². The summed E-state index contributed by atoms with van der Waals surface area (Å²) in [5.41, 5.74) is 15.0. The summed E-state index contributed by atoms with van der Waals surface area (Å²) in [7, 11) is 0. The summed E-state index contributed by atoms with van der Waals surface area (Å²) in [4.78, 5) is 35.6. The quantitative estimate of drug-likeness (QED) is 0.0829. The van der Waals surface area contributed by atoms with E-state index in [4.69, 9.17) is 15.7 Å².